The molecule has 1 amide bonds. The molecule has 9 heteroatoms. The maximum atomic E-state index is 12.0. The Labute approximate surface area is 162 Å². The summed E-state index contributed by atoms with van der Waals surface area (Å²) in [5.74, 6) is 1.91. The third-order valence-corrected chi connectivity index (χ3v) is 3.86. The smallest absolute Gasteiger partial charge is 0.410 e. The quantitative estimate of drug-likeness (QED) is 0.764. The topological polar surface area (TPSA) is 86.9 Å². The van der Waals surface area contributed by atoms with E-state index < -0.39 is 5.60 Å². The van der Waals surface area contributed by atoms with Crippen molar-refractivity contribution in [1.82, 2.24) is 15.0 Å². The van der Waals surface area contributed by atoms with Gasteiger partial charge in [-0.2, -0.15) is 4.98 Å². The van der Waals surface area contributed by atoms with Gasteiger partial charge in [0, 0.05) is 11.1 Å². The standard InChI is InChI=1S/C18H22ClN3O5/c1-11-20-16(27-21-11)10-24-14-6-5-12(19)7-15(14)25-13-8-22(9-13)17(23)26-18(2,3)4/h5-7,13H,8-10H2,1-4H3. The molecule has 146 valence electrons. The van der Waals surface area contributed by atoms with Crippen LogP contribution in [0.25, 0.3) is 0 Å². The van der Waals surface area contributed by atoms with E-state index in [9.17, 15) is 4.79 Å². The Kier molecular flexibility index (Phi) is 5.46. The number of aryl methyl sites for hydroxylation is 1. The first kappa shape index (κ1) is 19.3. The van der Waals surface area contributed by atoms with Crippen LogP contribution in [0.3, 0.4) is 0 Å². The molecular formula is C18H22ClN3O5. The van der Waals surface area contributed by atoms with Gasteiger partial charge in [0.2, 0.25) is 0 Å². The molecule has 0 saturated carbocycles. The molecule has 0 atom stereocenters. The van der Waals surface area contributed by atoms with Crippen molar-refractivity contribution in [2.24, 2.45) is 0 Å². The number of carbonyl (C=O) groups is 1. The molecule has 27 heavy (non-hydrogen) atoms. The third kappa shape index (κ3) is 5.26. The average Bonchev–Trinajstić information content (AvgIpc) is 2.93. The molecule has 0 radical (unpaired) electrons. The second-order valence-electron chi connectivity index (χ2n) is 7.24. The fourth-order valence-electron chi connectivity index (χ4n) is 2.40. The summed E-state index contributed by atoms with van der Waals surface area (Å²) in [6.07, 6.45) is -0.513. The summed E-state index contributed by atoms with van der Waals surface area (Å²) in [6, 6.07) is 5.09. The second kappa shape index (κ2) is 7.64. The molecule has 1 aliphatic heterocycles. The molecule has 2 heterocycles. The number of aromatic nitrogens is 2. The minimum absolute atomic E-state index is 0.119. The fraction of sp³-hybridized carbons (Fsp3) is 0.500. The summed E-state index contributed by atoms with van der Waals surface area (Å²) >= 11 is 6.07. The lowest BCUT2D eigenvalue weighted by atomic mass is 10.1. The van der Waals surface area contributed by atoms with E-state index in [2.05, 4.69) is 10.1 Å². The van der Waals surface area contributed by atoms with E-state index in [0.717, 1.165) is 0 Å². The predicted molar refractivity (Wildman–Crippen MR) is 97.0 cm³/mol. The first-order valence-corrected chi connectivity index (χ1v) is 8.93. The van der Waals surface area contributed by atoms with Gasteiger partial charge in [0.15, 0.2) is 23.9 Å². The van der Waals surface area contributed by atoms with Crippen LogP contribution in [0.1, 0.15) is 32.5 Å². The molecule has 8 nitrogen and oxygen atoms in total. The first-order chi connectivity index (χ1) is 12.7. The lowest BCUT2D eigenvalue weighted by Crippen LogP contribution is -2.57. The number of rotatable bonds is 5. The molecule has 0 spiro atoms. The van der Waals surface area contributed by atoms with E-state index in [-0.39, 0.29) is 18.8 Å². The lowest BCUT2D eigenvalue weighted by Gasteiger charge is -2.39. The van der Waals surface area contributed by atoms with Crippen LogP contribution in [0.15, 0.2) is 22.7 Å². The van der Waals surface area contributed by atoms with Crippen LogP contribution in [0.5, 0.6) is 11.5 Å². The van der Waals surface area contributed by atoms with Gasteiger partial charge in [-0.15, -0.1) is 0 Å². The summed E-state index contributed by atoms with van der Waals surface area (Å²) < 4.78 is 22.0. The third-order valence-electron chi connectivity index (χ3n) is 3.62. The van der Waals surface area contributed by atoms with Crippen LogP contribution in [0, 0.1) is 6.92 Å². The highest BCUT2D eigenvalue weighted by molar-refractivity contribution is 6.30. The van der Waals surface area contributed by atoms with Crippen LogP contribution >= 0.6 is 11.6 Å². The maximum Gasteiger partial charge on any atom is 0.410 e. The van der Waals surface area contributed by atoms with Crippen molar-refractivity contribution in [3.05, 3.63) is 34.9 Å². The number of halogens is 1. The number of carbonyl (C=O) groups excluding carboxylic acids is 1. The minimum Gasteiger partial charge on any atom is -0.483 e. The van der Waals surface area contributed by atoms with Crippen molar-refractivity contribution >= 4 is 17.7 Å². The van der Waals surface area contributed by atoms with E-state index in [1.54, 1.807) is 30.0 Å². The minimum atomic E-state index is -0.524. The number of likely N-dealkylation sites (tertiary alicyclic amines) is 1. The zero-order valence-electron chi connectivity index (χ0n) is 15.7. The van der Waals surface area contributed by atoms with Gasteiger partial charge in [-0.3, -0.25) is 0 Å². The normalized spacial score (nSPS) is 14.6. The van der Waals surface area contributed by atoms with Crippen molar-refractivity contribution in [3.63, 3.8) is 0 Å². The van der Waals surface area contributed by atoms with Gasteiger partial charge in [-0.05, 0) is 39.8 Å². The maximum absolute atomic E-state index is 12.0. The van der Waals surface area contributed by atoms with E-state index in [1.165, 1.54) is 0 Å². The van der Waals surface area contributed by atoms with Crippen LogP contribution in [-0.4, -0.2) is 45.9 Å². The number of hydrogen-bond acceptors (Lipinski definition) is 7. The molecule has 1 fully saturated rings. The highest BCUT2D eigenvalue weighted by Crippen LogP contribution is 2.33. The summed E-state index contributed by atoms with van der Waals surface area (Å²) in [5.41, 5.74) is -0.524. The molecule has 0 bridgehead atoms. The summed E-state index contributed by atoms with van der Waals surface area (Å²) in [4.78, 5) is 17.7. The van der Waals surface area contributed by atoms with Gasteiger partial charge in [0.1, 0.15) is 11.7 Å². The number of benzene rings is 1. The largest absolute Gasteiger partial charge is 0.483 e. The molecule has 1 aromatic heterocycles. The molecule has 1 aliphatic rings. The van der Waals surface area contributed by atoms with Crippen LogP contribution < -0.4 is 9.47 Å². The zero-order valence-corrected chi connectivity index (χ0v) is 16.4. The number of hydrogen-bond donors (Lipinski definition) is 0. The van der Waals surface area contributed by atoms with Crippen LogP contribution in [0.4, 0.5) is 4.79 Å². The Hall–Kier alpha value is -2.48. The Bertz CT molecular complexity index is 812. The van der Waals surface area contributed by atoms with Crippen molar-refractivity contribution in [2.45, 2.75) is 46.0 Å². The highest BCUT2D eigenvalue weighted by atomic mass is 35.5. The lowest BCUT2D eigenvalue weighted by molar-refractivity contribution is -0.0228. The van der Waals surface area contributed by atoms with E-state index in [4.69, 9.17) is 30.3 Å². The number of ether oxygens (including phenoxy) is 3. The summed E-state index contributed by atoms with van der Waals surface area (Å²) in [5, 5.41) is 4.24. The van der Waals surface area contributed by atoms with Crippen LogP contribution in [0.2, 0.25) is 5.02 Å². The van der Waals surface area contributed by atoms with Crippen molar-refractivity contribution < 1.29 is 23.5 Å². The van der Waals surface area contributed by atoms with E-state index in [1.807, 2.05) is 20.8 Å². The van der Waals surface area contributed by atoms with E-state index >= 15 is 0 Å². The molecule has 0 N–H and O–H groups in total. The Balaban J connectivity index is 1.57. The number of nitrogens with zero attached hydrogens (tertiary/aromatic N) is 3. The molecule has 3 rings (SSSR count). The van der Waals surface area contributed by atoms with Gasteiger partial charge in [0.05, 0.1) is 13.1 Å². The molecule has 1 aromatic carbocycles. The number of amides is 1. The Morgan fingerprint density at radius 1 is 1.33 bits per heavy atom. The second-order valence-corrected chi connectivity index (χ2v) is 7.68. The van der Waals surface area contributed by atoms with Gasteiger partial charge >= 0.3 is 6.09 Å². The SMILES string of the molecule is Cc1noc(COc2ccc(Cl)cc2OC2CN(C(=O)OC(C)(C)C)C2)n1. The Morgan fingerprint density at radius 3 is 2.70 bits per heavy atom. The predicted octanol–water partition coefficient (Wildman–Crippen LogP) is 3.61. The molecular weight excluding hydrogens is 374 g/mol. The molecule has 1 saturated heterocycles. The molecule has 0 unspecified atom stereocenters. The molecule has 0 aliphatic carbocycles. The van der Waals surface area contributed by atoms with Gasteiger partial charge in [-0.1, -0.05) is 16.8 Å². The summed E-state index contributed by atoms with van der Waals surface area (Å²) in [7, 11) is 0. The van der Waals surface area contributed by atoms with E-state index in [0.29, 0.717) is 41.3 Å². The van der Waals surface area contributed by atoms with Gasteiger partial charge in [0.25, 0.3) is 5.89 Å². The van der Waals surface area contributed by atoms with Crippen molar-refractivity contribution in [1.29, 1.82) is 0 Å². The average molecular weight is 396 g/mol. The van der Waals surface area contributed by atoms with Gasteiger partial charge < -0.3 is 23.6 Å². The van der Waals surface area contributed by atoms with Crippen molar-refractivity contribution in [3.8, 4) is 11.5 Å². The highest BCUT2D eigenvalue weighted by Gasteiger charge is 2.35. The van der Waals surface area contributed by atoms with Crippen molar-refractivity contribution in [2.75, 3.05) is 13.1 Å². The van der Waals surface area contributed by atoms with Gasteiger partial charge in [-0.25, -0.2) is 4.79 Å². The monoisotopic (exact) mass is 395 g/mol. The fourth-order valence-corrected chi connectivity index (χ4v) is 2.56. The zero-order chi connectivity index (χ0) is 19.6. The van der Waals surface area contributed by atoms with Crippen LogP contribution in [-0.2, 0) is 11.3 Å². The first-order valence-electron chi connectivity index (χ1n) is 8.56. The Morgan fingerprint density at radius 2 is 2.07 bits per heavy atom. The summed E-state index contributed by atoms with van der Waals surface area (Å²) in [6.45, 7) is 8.22. The molecule has 2 aromatic rings.